The molecule has 1 aliphatic carbocycles. The van der Waals surface area contributed by atoms with Gasteiger partial charge in [-0.3, -0.25) is 9.69 Å². The van der Waals surface area contributed by atoms with Crippen LogP contribution in [0.5, 0.6) is 5.88 Å². The van der Waals surface area contributed by atoms with Crippen LogP contribution in [0.1, 0.15) is 69.5 Å². The van der Waals surface area contributed by atoms with E-state index in [4.69, 9.17) is 14.5 Å². The molecule has 3 heterocycles. The van der Waals surface area contributed by atoms with E-state index in [-0.39, 0.29) is 30.2 Å². The van der Waals surface area contributed by atoms with Gasteiger partial charge in [-0.05, 0) is 70.6 Å². The third-order valence-electron chi connectivity index (χ3n) is 7.56. The zero-order chi connectivity index (χ0) is 25.4. The number of aryl methyl sites for hydroxylation is 1. The summed E-state index contributed by atoms with van der Waals surface area (Å²) in [6.45, 7) is 3.99. The highest BCUT2D eigenvalue weighted by atomic mass is 16.5. The number of imidazole rings is 1. The lowest BCUT2D eigenvalue weighted by molar-refractivity contribution is -0.143. The van der Waals surface area contributed by atoms with Crippen LogP contribution >= 0.6 is 0 Å². The molecule has 0 saturated heterocycles. The van der Waals surface area contributed by atoms with Gasteiger partial charge in [0.25, 0.3) is 0 Å². The third kappa shape index (κ3) is 4.27. The van der Waals surface area contributed by atoms with Crippen molar-refractivity contribution in [3.8, 4) is 5.88 Å². The number of hydrogen-bond acceptors (Lipinski definition) is 6. The van der Waals surface area contributed by atoms with E-state index in [0.29, 0.717) is 18.7 Å². The monoisotopic (exact) mass is 492 g/mol. The molecule has 0 bridgehead atoms. The SMILES string of the molecule is COC(=O)N1c2ccc3c(nc([C@@H](C)Oc4ccccn4)n3C3CCC(C(=O)O)CC3)c2CCC1C. The lowest BCUT2D eigenvalue weighted by atomic mass is 9.85. The molecule has 1 fully saturated rings. The minimum Gasteiger partial charge on any atom is -0.481 e. The molecule has 2 aromatic heterocycles. The zero-order valence-corrected chi connectivity index (χ0v) is 20.9. The number of anilines is 1. The van der Waals surface area contributed by atoms with E-state index in [9.17, 15) is 14.7 Å². The first-order valence-corrected chi connectivity index (χ1v) is 12.6. The van der Waals surface area contributed by atoms with Crippen LogP contribution in [0.3, 0.4) is 0 Å². The molecular weight excluding hydrogens is 460 g/mol. The number of carbonyl (C=O) groups excluding carboxylic acids is 1. The van der Waals surface area contributed by atoms with E-state index in [2.05, 4.69) is 9.55 Å². The van der Waals surface area contributed by atoms with Crippen molar-refractivity contribution in [2.45, 2.75) is 70.6 Å². The molecule has 9 heteroatoms. The Hall–Kier alpha value is -3.62. The Balaban J connectivity index is 1.60. The predicted molar refractivity (Wildman–Crippen MR) is 134 cm³/mol. The molecule has 2 atom stereocenters. The fraction of sp³-hybridized carbons (Fsp3) is 0.481. The highest BCUT2D eigenvalue weighted by Gasteiger charge is 2.34. The van der Waals surface area contributed by atoms with E-state index in [1.807, 2.05) is 44.2 Å². The smallest absolute Gasteiger partial charge is 0.414 e. The highest BCUT2D eigenvalue weighted by Crippen LogP contribution is 2.41. The van der Waals surface area contributed by atoms with E-state index in [0.717, 1.165) is 53.8 Å². The Labute approximate surface area is 210 Å². The average molecular weight is 493 g/mol. The Morgan fingerprint density at radius 1 is 1.11 bits per heavy atom. The summed E-state index contributed by atoms with van der Waals surface area (Å²) in [7, 11) is 1.40. The second-order valence-electron chi connectivity index (χ2n) is 9.77. The van der Waals surface area contributed by atoms with Crippen LogP contribution in [-0.2, 0) is 16.0 Å². The molecule has 1 saturated carbocycles. The standard InChI is InChI=1S/C27H32N4O5/c1-16-7-12-20-21(30(16)27(34)35-3)13-14-22-24(20)29-25(17(2)36-23-6-4-5-15-28-23)31(22)19-10-8-18(9-11-19)26(32)33/h4-6,13-19H,7-12H2,1-3H3,(H,32,33)/t16?,17-,18?,19?/m1/s1. The number of aromatic nitrogens is 3. The van der Waals surface area contributed by atoms with Crippen molar-refractivity contribution >= 4 is 28.8 Å². The van der Waals surface area contributed by atoms with Gasteiger partial charge in [0.05, 0.1) is 29.7 Å². The Morgan fingerprint density at radius 2 is 1.89 bits per heavy atom. The molecule has 190 valence electrons. The molecule has 1 unspecified atom stereocenters. The topological polar surface area (TPSA) is 107 Å². The maximum Gasteiger partial charge on any atom is 0.414 e. The number of nitrogens with zero attached hydrogens (tertiary/aromatic N) is 4. The van der Waals surface area contributed by atoms with Crippen molar-refractivity contribution in [3.63, 3.8) is 0 Å². The zero-order valence-electron chi connectivity index (χ0n) is 20.9. The van der Waals surface area contributed by atoms with Crippen molar-refractivity contribution < 1.29 is 24.2 Å². The molecule has 0 radical (unpaired) electrons. The number of carbonyl (C=O) groups is 2. The third-order valence-corrected chi connectivity index (χ3v) is 7.56. The first-order valence-electron chi connectivity index (χ1n) is 12.6. The van der Waals surface area contributed by atoms with Crippen molar-refractivity contribution in [1.82, 2.24) is 14.5 Å². The number of benzene rings is 1. The van der Waals surface area contributed by atoms with Crippen LogP contribution < -0.4 is 9.64 Å². The number of methoxy groups -OCH3 is 1. The maximum absolute atomic E-state index is 12.6. The summed E-state index contributed by atoms with van der Waals surface area (Å²) < 4.78 is 13.5. The molecule has 1 aliphatic heterocycles. The Kier molecular flexibility index (Phi) is 6.55. The number of pyridine rings is 1. The van der Waals surface area contributed by atoms with E-state index in [1.165, 1.54) is 7.11 Å². The van der Waals surface area contributed by atoms with Gasteiger partial charge in [-0.1, -0.05) is 6.07 Å². The average Bonchev–Trinajstić information content (AvgIpc) is 3.29. The number of carboxylic acid groups (broad SMARTS) is 1. The quantitative estimate of drug-likeness (QED) is 0.515. The molecule has 1 amide bonds. The predicted octanol–water partition coefficient (Wildman–Crippen LogP) is 5.29. The molecule has 9 nitrogen and oxygen atoms in total. The number of amides is 1. The van der Waals surface area contributed by atoms with Gasteiger partial charge in [0.15, 0.2) is 11.9 Å². The van der Waals surface area contributed by atoms with Gasteiger partial charge in [0.1, 0.15) is 0 Å². The number of carboxylic acids is 1. The number of ether oxygens (including phenoxy) is 2. The first kappa shape index (κ1) is 24.1. The molecule has 2 aliphatic rings. The molecule has 3 aromatic rings. The number of fused-ring (bicyclic) bond motifs is 3. The molecule has 1 aromatic carbocycles. The lowest BCUT2D eigenvalue weighted by Gasteiger charge is -2.34. The van der Waals surface area contributed by atoms with Gasteiger partial charge in [-0.15, -0.1) is 0 Å². The van der Waals surface area contributed by atoms with Gasteiger partial charge in [0, 0.05) is 29.9 Å². The van der Waals surface area contributed by atoms with E-state index >= 15 is 0 Å². The normalized spacial score (nSPS) is 22.6. The van der Waals surface area contributed by atoms with Gasteiger partial charge in [0.2, 0.25) is 5.88 Å². The molecule has 0 spiro atoms. The van der Waals surface area contributed by atoms with Crippen molar-refractivity contribution in [2.75, 3.05) is 12.0 Å². The fourth-order valence-electron chi connectivity index (χ4n) is 5.69. The summed E-state index contributed by atoms with van der Waals surface area (Å²) in [6, 6.07) is 9.70. The van der Waals surface area contributed by atoms with Crippen LogP contribution in [0, 0.1) is 5.92 Å². The second kappa shape index (κ2) is 9.79. The lowest BCUT2D eigenvalue weighted by Crippen LogP contribution is -2.42. The van der Waals surface area contributed by atoms with Crippen LogP contribution in [0.2, 0.25) is 0 Å². The minimum absolute atomic E-state index is 0.0293. The summed E-state index contributed by atoms with van der Waals surface area (Å²) in [4.78, 5) is 35.3. The molecule has 1 N–H and O–H groups in total. The van der Waals surface area contributed by atoms with Crippen LogP contribution in [0.25, 0.3) is 11.0 Å². The highest BCUT2D eigenvalue weighted by molar-refractivity contribution is 5.95. The van der Waals surface area contributed by atoms with Crippen LogP contribution in [0.15, 0.2) is 36.5 Å². The van der Waals surface area contributed by atoms with Gasteiger partial charge < -0.3 is 19.1 Å². The van der Waals surface area contributed by atoms with E-state index in [1.54, 1.807) is 11.1 Å². The number of aliphatic carboxylic acids is 1. The first-order chi connectivity index (χ1) is 17.4. The van der Waals surface area contributed by atoms with Crippen molar-refractivity contribution in [3.05, 3.63) is 47.9 Å². The van der Waals surface area contributed by atoms with Crippen molar-refractivity contribution in [2.24, 2.45) is 5.92 Å². The Bertz CT molecular complexity index is 1270. The summed E-state index contributed by atoms with van der Waals surface area (Å²) >= 11 is 0. The summed E-state index contributed by atoms with van der Waals surface area (Å²) in [5.41, 5.74) is 3.70. The number of rotatable bonds is 5. The molecular formula is C27H32N4O5. The summed E-state index contributed by atoms with van der Waals surface area (Å²) in [6.07, 6.45) is 5.34. The fourth-order valence-corrected chi connectivity index (χ4v) is 5.69. The minimum atomic E-state index is -0.720. The van der Waals surface area contributed by atoms with Gasteiger partial charge in [-0.2, -0.15) is 0 Å². The summed E-state index contributed by atoms with van der Waals surface area (Å²) in [5, 5.41) is 9.49. The van der Waals surface area contributed by atoms with Crippen molar-refractivity contribution in [1.29, 1.82) is 0 Å². The largest absolute Gasteiger partial charge is 0.481 e. The second-order valence-corrected chi connectivity index (χ2v) is 9.77. The Morgan fingerprint density at radius 3 is 2.56 bits per heavy atom. The summed E-state index contributed by atoms with van der Waals surface area (Å²) in [5.74, 6) is 0.281. The van der Waals surface area contributed by atoms with Crippen LogP contribution in [0.4, 0.5) is 10.5 Å². The van der Waals surface area contributed by atoms with Gasteiger partial charge in [-0.25, -0.2) is 14.8 Å². The molecule has 36 heavy (non-hydrogen) atoms. The van der Waals surface area contributed by atoms with Crippen LogP contribution in [-0.4, -0.2) is 44.9 Å². The number of hydrogen-bond donors (Lipinski definition) is 1. The molecule has 5 rings (SSSR count). The maximum atomic E-state index is 12.6. The van der Waals surface area contributed by atoms with Gasteiger partial charge >= 0.3 is 12.1 Å². The van der Waals surface area contributed by atoms with E-state index < -0.39 is 5.97 Å².